The average Bonchev–Trinajstić information content (AvgIpc) is 2.17. The number of hydrogen-bond acceptors (Lipinski definition) is 6. The van der Waals surface area contributed by atoms with E-state index in [0.29, 0.717) is 13.2 Å². The fourth-order valence-corrected chi connectivity index (χ4v) is 0.557. The Hall–Kier alpha value is -0.335. The molecule has 1 radical (unpaired) electrons. The molecule has 75 valence electrons. The molecule has 1 unspecified atom stereocenters. The molecule has 0 aromatic rings. The summed E-state index contributed by atoms with van der Waals surface area (Å²) in [6, 6.07) is 0. The number of ether oxygens (including phenoxy) is 3. The molecule has 1 N–H and O–H groups in total. The first kappa shape index (κ1) is 12.7. The van der Waals surface area contributed by atoms with E-state index in [1.54, 1.807) is 7.11 Å². The van der Waals surface area contributed by atoms with Crippen LogP contribution in [0, 0.1) is 0 Å². The Morgan fingerprint density at radius 3 is 2.77 bits per heavy atom. The Balaban J connectivity index is 3.30. The van der Waals surface area contributed by atoms with E-state index in [-0.39, 0.29) is 13.3 Å². The predicted octanol–water partition coefficient (Wildman–Crippen LogP) is -0.209. The van der Waals surface area contributed by atoms with Crippen LogP contribution in [0.4, 0.5) is 0 Å². The van der Waals surface area contributed by atoms with Crippen LogP contribution in [0.2, 0.25) is 0 Å². The third kappa shape index (κ3) is 8.01. The van der Waals surface area contributed by atoms with Gasteiger partial charge in [-0.2, -0.15) is 0 Å². The van der Waals surface area contributed by atoms with Gasteiger partial charge in [-0.15, -0.1) is 0 Å². The molecule has 0 saturated carbocycles. The summed E-state index contributed by atoms with van der Waals surface area (Å²) in [7, 11) is 6.37. The summed E-state index contributed by atoms with van der Waals surface area (Å²) >= 11 is 0. The molecular formula is C6H13BNO5. The van der Waals surface area contributed by atoms with E-state index < -0.39 is 6.29 Å². The Morgan fingerprint density at radius 2 is 2.23 bits per heavy atom. The summed E-state index contributed by atoms with van der Waals surface area (Å²) in [4.78, 5) is 7.10. The molecule has 0 aromatic heterocycles. The van der Waals surface area contributed by atoms with Crippen LogP contribution < -0.4 is 0 Å². The normalized spacial score (nSPS) is 12.7. The van der Waals surface area contributed by atoms with Crippen LogP contribution in [0.3, 0.4) is 0 Å². The molecule has 0 aliphatic rings. The van der Waals surface area contributed by atoms with E-state index in [9.17, 15) is 0 Å². The fourth-order valence-electron chi connectivity index (χ4n) is 0.557. The van der Waals surface area contributed by atoms with Crippen LogP contribution in [0.25, 0.3) is 0 Å². The minimum atomic E-state index is -0.871. The molecule has 13 heavy (non-hydrogen) atoms. The van der Waals surface area contributed by atoms with Gasteiger partial charge in [-0.25, -0.2) is 0 Å². The Bertz CT molecular complexity index is 126. The van der Waals surface area contributed by atoms with Crippen LogP contribution in [0.15, 0.2) is 4.90 Å². The van der Waals surface area contributed by atoms with Crippen molar-refractivity contribution in [2.24, 2.45) is 4.90 Å². The van der Waals surface area contributed by atoms with E-state index in [0.717, 1.165) is 0 Å². The van der Waals surface area contributed by atoms with Gasteiger partial charge in [-0.05, 0) is 0 Å². The van der Waals surface area contributed by atoms with Crippen LogP contribution in [0.5, 0.6) is 0 Å². The van der Waals surface area contributed by atoms with Gasteiger partial charge in [0.05, 0.1) is 0 Å². The van der Waals surface area contributed by atoms with E-state index in [4.69, 9.17) is 27.1 Å². The molecule has 0 fully saturated rings. The van der Waals surface area contributed by atoms with E-state index in [2.05, 4.69) is 9.78 Å². The summed E-state index contributed by atoms with van der Waals surface area (Å²) < 4.78 is 14.5. The van der Waals surface area contributed by atoms with Gasteiger partial charge in [0.25, 0.3) is 0 Å². The standard InChI is InChI=1S/C6H13BNO5/c1-10-2-3-11-4-6(13-9)12-5-8-7/h6,9H,2-5H2,1H3. The Labute approximate surface area is 77.8 Å². The summed E-state index contributed by atoms with van der Waals surface area (Å²) in [6.45, 7) is 0.910. The molecule has 1 atom stereocenters. The molecule has 0 spiro atoms. The molecule has 6 nitrogen and oxygen atoms in total. The van der Waals surface area contributed by atoms with Crippen molar-refractivity contribution in [1.29, 1.82) is 0 Å². The quantitative estimate of drug-likeness (QED) is 0.179. The molecule has 0 amide bonds. The molecule has 7 heteroatoms. The second-order valence-electron chi connectivity index (χ2n) is 2.08. The molecule has 0 saturated heterocycles. The van der Waals surface area contributed by atoms with Crippen molar-refractivity contribution in [1.82, 2.24) is 0 Å². The van der Waals surface area contributed by atoms with Gasteiger partial charge in [0.1, 0.15) is 0 Å². The van der Waals surface area contributed by atoms with Crippen molar-refractivity contribution in [3.8, 4) is 0 Å². The minimum absolute atomic E-state index is 0.0567. The maximum absolute atomic E-state index is 8.29. The second-order valence-corrected chi connectivity index (χ2v) is 2.08. The van der Waals surface area contributed by atoms with Crippen molar-refractivity contribution in [3.05, 3.63) is 0 Å². The van der Waals surface area contributed by atoms with Crippen molar-refractivity contribution >= 4 is 7.64 Å². The first-order valence-corrected chi connectivity index (χ1v) is 3.70. The number of rotatable bonds is 9. The van der Waals surface area contributed by atoms with Crippen LogP contribution in [0.1, 0.15) is 0 Å². The molecule has 0 heterocycles. The Kier molecular flexibility index (Phi) is 9.50. The summed E-state index contributed by atoms with van der Waals surface area (Å²) in [5.41, 5.74) is 0. The number of nitrogens with zero attached hydrogens (tertiary/aromatic N) is 1. The first-order chi connectivity index (χ1) is 6.35. The van der Waals surface area contributed by atoms with Crippen LogP contribution in [-0.4, -0.2) is 52.8 Å². The Morgan fingerprint density at radius 1 is 1.46 bits per heavy atom. The van der Waals surface area contributed by atoms with Gasteiger partial charge in [0, 0.05) is 0 Å². The van der Waals surface area contributed by atoms with Gasteiger partial charge in [-0.3, -0.25) is 0 Å². The molecule has 0 aliphatic heterocycles. The van der Waals surface area contributed by atoms with E-state index >= 15 is 0 Å². The zero-order valence-corrected chi connectivity index (χ0v) is 7.51. The van der Waals surface area contributed by atoms with Crippen molar-refractivity contribution < 1.29 is 24.4 Å². The van der Waals surface area contributed by atoms with Crippen molar-refractivity contribution in [2.45, 2.75) is 6.29 Å². The second kappa shape index (κ2) is 9.75. The zero-order chi connectivity index (χ0) is 9.94. The summed E-state index contributed by atoms with van der Waals surface area (Å²) in [5.74, 6) is 0. The average molecular weight is 190 g/mol. The summed E-state index contributed by atoms with van der Waals surface area (Å²) in [6.07, 6.45) is -0.871. The van der Waals surface area contributed by atoms with Gasteiger partial charge in [0.2, 0.25) is 0 Å². The molecule has 0 aliphatic carbocycles. The van der Waals surface area contributed by atoms with Gasteiger partial charge < -0.3 is 0 Å². The molecule has 0 rings (SSSR count). The predicted molar refractivity (Wildman–Crippen MR) is 44.3 cm³/mol. The van der Waals surface area contributed by atoms with Gasteiger partial charge in [0.15, 0.2) is 0 Å². The SMILES string of the molecule is [B]=NCOC(COCCOC)OO. The monoisotopic (exact) mass is 190 g/mol. The molecule has 0 aromatic carbocycles. The summed E-state index contributed by atoms with van der Waals surface area (Å²) in [5, 5.41) is 8.29. The first-order valence-electron chi connectivity index (χ1n) is 3.70. The molecular weight excluding hydrogens is 177 g/mol. The van der Waals surface area contributed by atoms with Crippen molar-refractivity contribution in [3.63, 3.8) is 0 Å². The fraction of sp³-hybridized carbons (Fsp3) is 1.00. The number of hydrogen-bond donors (Lipinski definition) is 1. The maximum atomic E-state index is 8.29. The van der Waals surface area contributed by atoms with Crippen molar-refractivity contribution in [2.75, 3.05) is 33.7 Å². The zero-order valence-electron chi connectivity index (χ0n) is 7.51. The third-order valence-electron chi connectivity index (χ3n) is 1.14. The molecule has 0 bridgehead atoms. The number of methoxy groups -OCH3 is 1. The van der Waals surface area contributed by atoms with Crippen LogP contribution >= 0.6 is 0 Å². The van der Waals surface area contributed by atoms with E-state index in [1.807, 2.05) is 0 Å². The third-order valence-corrected chi connectivity index (χ3v) is 1.14. The van der Waals surface area contributed by atoms with Gasteiger partial charge in [-0.1, -0.05) is 0 Å². The van der Waals surface area contributed by atoms with Gasteiger partial charge >= 0.3 is 76.8 Å². The topological polar surface area (TPSA) is 69.5 Å². The van der Waals surface area contributed by atoms with Crippen LogP contribution in [-0.2, 0) is 19.1 Å². The van der Waals surface area contributed by atoms with E-state index in [1.165, 1.54) is 0 Å².